The minimum atomic E-state index is -1.03. The van der Waals surface area contributed by atoms with E-state index in [9.17, 15) is 14.7 Å². The lowest BCUT2D eigenvalue weighted by atomic mass is 9.95. The van der Waals surface area contributed by atoms with Crippen LogP contribution in [-0.2, 0) is 16.0 Å². The molecule has 2 aromatic carbocycles. The lowest BCUT2D eigenvalue weighted by Crippen LogP contribution is -2.35. The normalized spacial score (nSPS) is 11.7. The van der Waals surface area contributed by atoms with Gasteiger partial charge >= 0.3 is 5.97 Å². The van der Waals surface area contributed by atoms with Crippen LogP contribution >= 0.6 is 22.9 Å². The van der Waals surface area contributed by atoms with Gasteiger partial charge in [0.2, 0.25) is 5.91 Å². The summed E-state index contributed by atoms with van der Waals surface area (Å²) in [6.45, 7) is 0. The molecule has 0 saturated heterocycles. The van der Waals surface area contributed by atoms with Gasteiger partial charge in [0.25, 0.3) is 0 Å². The van der Waals surface area contributed by atoms with Gasteiger partial charge in [-0.25, -0.2) is 4.98 Å². The minimum absolute atomic E-state index is 0.275. The number of aliphatic carboxylic acids is 1. The number of carbonyl (C=O) groups excluding carboxylic acids is 1. The van der Waals surface area contributed by atoms with Crippen LogP contribution in [0, 0.1) is 5.92 Å². The van der Waals surface area contributed by atoms with Crippen molar-refractivity contribution in [2.45, 2.75) is 12.8 Å². The Balaban J connectivity index is 1.82. The van der Waals surface area contributed by atoms with Crippen molar-refractivity contribution in [2.75, 3.05) is 19.1 Å². The number of ether oxygens (including phenoxy) is 1. The predicted octanol–water partition coefficient (Wildman–Crippen LogP) is 4.77. The average molecular weight is 445 g/mol. The average Bonchev–Trinajstić information content (AvgIpc) is 3.22. The topological polar surface area (TPSA) is 79.7 Å². The Hall–Kier alpha value is -2.90. The van der Waals surface area contributed by atoms with E-state index in [2.05, 4.69) is 4.98 Å². The number of hydrogen-bond acceptors (Lipinski definition) is 5. The maximum absolute atomic E-state index is 13.1. The zero-order valence-corrected chi connectivity index (χ0v) is 18.1. The Morgan fingerprint density at radius 2 is 2.00 bits per heavy atom. The highest BCUT2D eigenvalue weighted by molar-refractivity contribution is 7.14. The molecule has 0 spiro atoms. The van der Waals surface area contributed by atoms with Gasteiger partial charge in [-0.2, -0.15) is 0 Å². The van der Waals surface area contributed by atoms with Gasteiger partial charge in [0.15, 0.2) is 5.13 Å². The van der Waals surface area contributed by atoms with E-state index in [4.69, 9.17) is 16.3 Å². The minimum Gasteiger partial charge on any atom is -0.497 e. The fraction of sp³-hybridized carbons (Fsp3) is 0.227. The second-order valence-electron chi connectivity index (χ2n) is 6.74. The molecule has 1 N–H and O–H groups in total. The van der Waals surface area contributed by atoms with E-state index in [-0.39, 0.29) is 18.7 Å². The summed E-state index contributed by atoms with van der Waals surface area (Å²) in [5.41, 5.74) is 2.28. The van der Waals surface area contributed by atoms with Crippen LogP contribution in [0.3, 0.4) is 0 Å². The van der Waals surface area contributed by atoms with Gasteiger partial charge in [0, 0.05) is 23.0 Å². The number of carbonyl (C=O) groups is 2. The van der Waals surface area contributed by atoms with Gasteiger partial charge in [0.1, 0.15) is 5.75 Å². The van der Waals surface area contributed by atoms with Crippen molar-refractivity contribution < 1.29 is 19.4 Å². The first-order valence-corrected chi connectivity index (χ1v) is 10.5. The van der Waals surface area contributed by atoms with Gasteiger partial charge in [0.05, 0.1) is 25.1 Å². The van der Waals surface area contributed by atoms with E-state index in [1.54, 1.807) is 32.4 Å². The van der Waals surface area contributed by atoms with Crippen LogP contribution in [-0.4, -0.2) is 36.1 Å². The van der Waals surface area contributed by atoms with Crippen molar-refractivity contribution in [3.05, 3.63) is 64.5 Å². The molecule has 0 saturated carbocycles. The summed E-state index contributed by atoms with van der Waals surface area (Å²) in [6.07, 6.45) is 0.0124. The predicted molar refractivity (Wildman–Crippen MR) is 118 cm³/mol. The van der Waals surface area contributed by atoms with Gasteiger partial charge in [-0.1, -0.05) is 41.9 Å². The number of carboxylic acid groups (broad SMARTS) is 1. The molecule has 1 amide bonds. The molecule has 3 rings (SSSR count). The highest BCUT2D eigenvalue weighted by Crippen LogP contribution is 2.32. The van der Waals surface area contributed by atoms with Crippen LogP contribution in [0.15, 0.2) is 53.9 Å². The molecular weight excluding hydrogens is 424 g/mol. The molecule has 156 valence electrons. The van der Waals surface area contributed by atoms with Gasteiger partial charge < -0.3 is 9.84 Å². The first-order valence-electron chi connectivity index (χ1n) is 9.21. The highest BCUT2D eigenvalue weighted by Gasteiger charge is 2.27. The molecule has 6 nitrogen and oxygen atoms in total. The zero-order valence-electron chi connectivity index (χ0n) is 16.5. The summed E-state index contributed by atoms with van der Waals surface area (Å²) < 4.78 is 5.22. The smallest absolute Gasteiger partial charge is 0.304 e. The Morgan fingerprint density at radius 3 is 2.70 bits per heavy atom. The van der Waals surface area contributed by atoms with E-state index < -0.39 is 11.9 Å². The molecule has 1 aromatic heterocycles. The largest absolute Gasteiger partial charge is 0.497 e. The summed E-state index contributed by atoms with van der Waals surface area (Å²) >= 11 is 7.55. The Kier molecular flexibility index (Phi) is 7.07. The van der Waals surface area contributed by atoms with Crippen molar-refractivity contribution in [3.8, 4) is 17.0 Å². The van der Waals surface area contributed by atoms with Crippen LogP contribution < -0.4 is 9.64 Å². The molecular formula is C22H21ClN2O4S. The van der Waals surface area contributed by atoms with Crippen LogP contribution in [0.5, 0.6) is 5.75 Å². The second kappa shape index (κ2) is 9.73. The summed E-state index contributed by atoms with van der Waals surface area (Å²) in [5.74, 6) is -1.40. The summed E-state index contributed by atoms with van der Waals surface area (Å²) in [6, 6.07) is 14.6. The lowest BCUT2D eigenvalue weighted by Gasteiger charge is -2.21. The summed E-state index contributed by atoms with van der Waals surface area (Å²) in [5, 5.41) is 12.2. The van der Waals surface area contributed by atoms with Crippen LogP contribution in [0.1, 0.15) is 12.0 Å². The molecule has 0 aliphatic heterocycles. The van der Waals surface area contributed by atoms with Gasteiger partial charge in [-0.05, 0) is 30.2 Å². The first-order chi connectivity index (χ1) is 14.4. The molecule has 8 heteroatoms. The number of carboxylic acids is 1. The molecule has 1 atom stereocenters. The molecule has 30 heavy (non-hydrogen) atoms. The van der Waals surface area contributed by atoms with Gasteiger partial charge in [-0.15, -0.1) is 11.3 Å². The first kappa shape index (κ1) is 21.8. The number of thiazole rings is 1. The molecule has 0 unspecified atom stereocenters. The van der Waals surface area contributed by atoms with E-state index in [1.165, 1.54) is 16.2 Å². The van der Waals surface area contributed by atoms with E-state index >= 15 is 0 Å². The number of halogens is 1. The molecule has 0 radical (unpaired) electrons. The molecule has 0 aliphatic rings. The number of benzene rings is 2. The maximum atomic E-state index is 13.1. The number of amides is 1. The van der Waals surface area contributed by atoms with Crippen molar-refractivity contribution >= 4 is 39.9 Å². The van der Waals surface area contributed by atoms with Gasteiger partial charge in [-0.3, -0.25) is 14.5 Å². The van der Waals surface area contributed by atoms with Crippen molar-refractivity contribution in [2.24, 2.45) is 5.92 Å². The number of nitrogens with zero attached hydrogens (tertiary/aromatic N) is 2. The SMILES string of the molecule is COc1cccc(C[C@H](CC(=O)O)C(=O)N(C)c2nc(-c3ccccc3Cl)cs2)c1. The molecule has 0 bridgehead atoms. The third kappa shape index (κ3) is 5.17. The number of anilines is 1. The third-order valence-corrected chi connectivity index (χ3v) is 5.89. The Morgan fingerprint density at radius 1 is 1.23 bits per heavy atom. The number of methoxy groups -OCH3 is 1. The standard InChI is InChI=1S/C22H21ClN2O4S/c1-25(22-24-19(13-30-22)17-8-3-4-9-18(17)23)21(28)15(12-20(26)27)10-14-6-5-7-16(11-14)29-2/h3-9,11,13,15H,10,12H2,1-2H3,(H,26,27)/t15-/m1/s1. The third-order valence-electron chi connectivity index (χ3n) is 4.65. The second-order valence-corrected chi connectivity index (χ2v) is 7.99. The number of aromatic nitrogens is 1. The van der Waals surface area contributed by atoms with Crippen molar-refractivity contribution in [1.82, 2.24) is 4.98 Å². The molecule has 1 heterocycles. The van der Waals surface area contributed by atoms with Crippen LogP contribution in [0.25, 0.3) is 11.3 Å². The van der Waals surface area contributed by atoms with Crippen LogP contribution in [0.2, 0.25) is 5.02 Å². The van der Waals surface area contributed by atoms with Crippen molar-refractivity contribution in [1.29, 1.82) is 0 Å². The zero-order chi connectivity index (χ0) is 21.7. The Bertz CT molecular complexity index is 1050. The molecule has 0 fully saturated rings. The summed E-state index contributed by atoms with van der Waals surface area (Å²) in [7, 11) is 3.17. The fourth-order valence-electron chi connectivity index (χ4n) is 3.12. The van der Waals surface area contributed by atoms with E-state index in [1.807, 2.05) is 35.7 Å². The van der Waals surface area contributed by atoms with E-state index in [0.29, 0.717) is 21.6 Å². The number of rotatable bonds is 8. The monoisotopic (exact) mass is 444 g/mol. The molecule has 3 aromatic rings. The molecule has 0 aliphatic carbocycles. The van der Waals surface area contributed by atoms with Crippen molar-refractivity contribution in [3.63, 3.8) is 0 Å². The lowest BCUT2D eigenvalue weighted by molar-refractivity contribution is -0.140. The van der Waals surface area contributed by atoms with E-state index in [0.717, 1.165) is 11.1 Å². The number of hydrogen-bond donors (Lipinski definition) is 1. The Labute approximate surface area is 183 Å². The highest BCUT2D eigenvalue weighted by atomic mass is 35.5. The van der Waals surface area contributed by atoms with Crippen LogP contribution in [0.4, 0.5) is 5.13 Å². The fourth-order valence-corrected chi connectivity index (χ4v) is 4.15. The quantitative estimate of drug-likeness (QED) is 0.541. The maximum Gasteiger partial charge on any atom is 0.304 e. The summed E-state index contributed by atoms with van der Waals surface area (Å²) in [4.78, 5) is 30.5.